The molecule has 2 nitrogen and oxygen atoms in total. The van der Waals surface area contributed by atoms with Crippen molar-refractivity contribution in [2.75, 3.05) is 0 Å². The number of nitrogens with zero attached hydrogens (tertiary/aromatic N) is 1. The van der Waals surface area contributed by atoms with Crippen molar-refractivity contribution >= 4 is 11.8 Å². The van der Waals surface area contributed by atoms with Crippen molar-refractivity contribution in [3.8, 4) is 11.8 Å². The molecule has 1 aromatic rings. The van der Waals surface area contributed by atoms with E-state index >= 15 is 0 Å². The zero-order valence-corrected chi connectivity index (χ0v) is 8.21. The SMILES string of the molecule is CCC(C#N)Sc1cccc(O)c1. The molecule has 0 amide bonds. The normalized spacial score (nSPS) is 12.0. The van der Waals surface area contributed by atoms with Gasteiger partial charge in [0.25, 0.3) is 0 Å². The summed E-state index contributed by atoms with van der Waals surface area (Å²) in [6.45, 7) is 1.98. The number of rotatable bonds is 3. The highest BCUT2D eigenvalue weighted by molar-refractivity contribution is 8.00. The Kier molecular flexibility index (Phi) is 3.66. The van der Waals surface area contributed by atoms with Crippen LogP contribution in [0.5, 0.6) is 5.75 Å². The highest BCUT2D eigenvalue weighted by atomic mass is 32.2. The van der Waals surface area contributed by atoms with Crippen LogP contribution in [0.4, 0.5) is 0 Å². The number of phenolic OH excluding ortho intramolecular Hbond substituents is 1. The lowest BCUT2D eigenvalue weighted by Gasteiger charge is -2.05. The summed E-state index contributed by atoms with van der Waals surface area (Å²) < 4.78 is 0. The van der Waals surface area contributed by atoms with Crippen LogP contribution in [0.1, 0.15) is 13.3 Å². The minimum atomic E-state index is -0.0261. The van der Waals surface area contributed by atoms with E-state index in [2.05, 4.69) is 6.07 Å². The first kappa shape index (κ1) is 9.94. The number of hydrogen-bond donors (Lipinski definition) is 1. The van der Waals surface area contributed by atoms with Crippen molar-refractivity contribution in [2.24, 2.45) is 0 Å². The number of thioether (sulfide) groups is 1. The summed E-state index contributed by atoms with van der Waals surface area (Å²) in [5, 5.41) is 17.9. The monoisotopic (exact) mass is 193 g/mol. The second-order valence-corrected chi connectivity index (χ2v) is 3.92. The quantitative estimate of drug-likeness (QED) is 0.751. The van der Waals surface area contributed by atoms with Gasteiger partial charge in [-0.25, -0.2) is 0 Å². The zero-order chi connectivity index (χ0) is 9.68. The molecule has 0 spiro atoms. The summed E-state index contributed by atoms with van der Waals surface area (Å²) in [6.07, 6.45) is 0.816. The largest absolute Gasteiger partial charge is 0.508 e. The standard InChI is InChI=1S/C10H11NOS/c1-2-9(7-11)13-10-5-3-4-8(12)6-10/h3-6,9,12H,2H2,1H3. The van der Waals surface area contributed by atoms with Crippen LogP contribution in [0, 0.1) is 11.3 Å². The first-order valence-electron chi connectivity index (χ1n) is 4.11. The molecule has 1 aromatic carbocycles. The Bertz CT molecular complexity index is 319. The predicted molar refractivity (Wildman–Crippen MR) is 53.7 cm³/mol. The van der Waals surface area contributed by atoms with Gasteiger partial charge in [-0.15, -0.1) is 11.8 Å². The van der Waals surface area contributed by atoms with Crippen LogP contribution in [0.25, 0.3) is 0 Å². The van der Waals surface area contributed by atoms with Crippen LogP contribution < -0.4 is 0 Å². The summed E-state index contributed by atoms with van der Waals surface area (Å²) >= 11 is 1.48. The van der Waals surface area contributed by atoms with Gasteiger partial charge in [0.2, 0.25) is 0 Å². The molecule has 0 heterocycles. The van der Waals surface area contributed by atoms with Crippen molar-refractivity contribution in [2.45, 2.75) is 23.5 Å². The molecule has 1 N–H and O–H groups in total. The van der Waals surface area contributed by atoms with Gasteiger partial charge in [0, 0.05) is 4.90 Å². The molecular formula is C10H11NOS. The van der Waals surface area contributed by atoms with Crippen molar-refractivity contribution in [1.29, 1.82) is 5.26 Å². The first-order chi connectivity index (χ1) is 6.26. The van der Waals surface area contributed by atoms with E-state index in [4.69, 9.17) is 5.26 Å². The number of hydrogen-bond acceptors (Lipinski definition) is 3. The average molecular weight is 193 g/mol. The number of aromatic hydroxyl groups is 1. The molecule has 68 valence electrons. The van der Waals surface area contributed by atoms with Crippen LogP contribution in [0.3, 0.4) is 0 Å². The van der Waals surface area contributed by atoms with E-state index < -0.39 is 0 Å². The van der Waals surface area contributed by atoms with Crippen LogP contribution in [0.2, 0.25) is 0 Å². The minimum absolute atomic E-state index is 0.0261. The van der Waals surface area contributed by atoms with Crippen LogP contribution >= 0.6 is 11.8 Å². The molecule has 1 unspecified atom stereocenters. The lowest BCUT2D eigenvalue weighted by atomic mass is 10.3. The molecule has 0 saturated heterocycles. The van der Waals surface area contributed by atoms with E-state index in [-0.39, 0.29) is 11.0 Å². The van der Waals surface area contributed by atoms with Gasteiger partial charge in [0.05, 0.1) is 11.3 Å². The number of phenols is 1. The van der Waals surface area contributed by atoms with Gasteiger partial charge in [-0.2, -0.15) is 5.26 Å². The summed E-state index contributed by atoms with van der Waals surface area (Å²) in [5.41, 5.74) is 0. The van der Waals surface area contributed by atoms with Crippen molar-refractivity contribution in [1.82, 2.24) is 0 Å². The Labute approximate surface area is 82.2 Å². The van der Waals surface area contributed by atoms with Crippen LogP contribution in [0.15, 0.2) is 29.2 Å². The van der Waals surface area contributed by atoms with Crippen molar-refractivity contribution < 1.29 is 5.11 Å². The maximum atomic E-state index is 9.18. The van der Waals surface area contributed by atoms with Gasteiger partial charge in [-0.1, -0.05) is 13.0 Å². The maximum absolute atomic E-state index is 9.18. The van der Waals surface area contributed by atoms with E-state index in [1.807, 2.05) is 13.0 Å². The minimum Gasteiger partial charge on any atom is -0.508 e. The molecule has 0 aromatic heterocycles. The smallest absolute Gasteiger partial charge is 0.116 e. The molecule has 0 aliphatic rings. The molecule has 0 aliphatic heterocycles. The third kappa shape index (κ3) is 3.00. The van der Waals surface area contributed by atoms with E-state index in [9.17, 15) is 5.11 Å². The van der Waals surface area contributed by atoms with E-state index in [1.165, 1.54) is 11.8 Å². The average Bonchev–Trinajstić information content (AvgIpc) is 2.14. The molecular weight excluding hydrogens is 182 g/mol. The molecule has 3 heteroatoms. The fraction of sp³-hybridized carbons (Fsp3) is 0.300. The Balaban J connectivity index is 2.69. The Morgan fingerprint density at radius 1 is 1.62 bits per heavy atom. The molecule has 1 rings (SSSR count). The highest BCUT2D eigenvalue weighted by Gasteiger charge is 2.06. The van der Waals surface area contributed by atoms with Gasteiger partial charge < -0.3 is 5.11 Å². The third-order valence-corrected chi connectivity index (χ3v) is 2.86. The Morgan fingerprint density at radius 2 is 2.38 bits per heavy atom. The van der Waals surface area contributed by atoms with Crippen molar-refractivity contribution in [3.63, 3.8) is 0 Å². The van der Waals surface area contributed by atoms with E-state index in [0.717, 1.165) is 11.3 Å². The second-order valence-electron chi connectivity index (χ2n) is 2.64. The van der Waals surface area contributed by atoms with Crippen LogP contribution in [-0.4, -0.2) is 10.4 Å². The lowest BCUT2D eigenvalue weighted by molar-refractivity contribution is 0.474. The molecule has 13 heavy (non-hydrogen) atoms. The van der Waals surface area contributed by atoms with Gasteiger partial charge in [0.1, 0.15) is 5.75 Å². The molecule has 0 radical (unpaired) electrons. The van der Waals surface area contributed by atoms with E-state index in [0.29, 0.717) is 0 Å². The number of nitriles is 1. The second kappa shape index (κ2) is 4.78. The fourth-order valence-corrected chi connectivity index (χ4v) is 1.82. The van der Waals surface area contributed by atoms with Gasteiger partial charge >= 0.3 is 0 Å². The molecule has 0 saturated carbocycles. The molecule has 0 fully saturated rings. The Morgan fingerprint density at radius 3 is 2.92 bits per heavy atom. The van der Waals surface area contributed by atoms with Crippen molar-refractivity contribution in [3.05, 3.63) is 24.3 Å². The predicted octanol–water partition coefficient (Wildman–Crippen LogP) is 2.79. The molecule has 0 aliphatic carbocycles. The van der Waals surface area contributed by atoms with Crippen LogP contribution in [-0.2, 0) is 0 Å². The topological polar surface area (TPSA) is 44.0 Å². The Hall–Kier alpha value is -1.14. The first-order valence-corrected chi connectivity index (χ1v) is 4.99. The maximum Gasteiger partial charge on any atom is 0.116 e. The lowest BCUT2D eigenvalue weighted by Crippen LogP contribution is -1.94. The summed E-state index contributed by atoms with van der Waals surface area (Å²) in [7, 11) is 0. The summed E-state index contributed by atoms with van der Waals surface area (Å²) in [4.78, 5) is 0.938. The van der Waals surface area contributed by atoms with E-state index in [1.54, 1.807) is 18.2 Å². The fourth-order valence-electron chi connectivity index (χ4n) is 0.922. The summed E-state index contributed by atoms with van der Waals surface area (Å²) in [5.74, 6) is 0.248. The highest BCUT2D eigenvalue weighted by Crippen LogP contribution is 2.27. The zero-order valence-electron chi connectivity index (χ0n) is 7.40. The number of benzene rings is 1. The molecule has 0 bridgehead atoms. The van der Waals surface area contributed by atoms with Gasteiger partial charge in [-0.05, 0) is 24.6 Å². The molecule has 1 atom stereocenters. The third-order valence-electron chi connectivity index (χ3n) is 1.61. The van der Waals surface area contributed by atoms with Gasteiger partial charge in [-0.3, -0.25) is 0 Å². The summed E-state index contributed by atoms with van der Waals surface area (Å²) in [6, 6.07) is 9.17. The van der Waals surface area contributed by atoms with Gasteiger partial charge in [0.15, 0.2) is 0 Å².